The first-order valence-electron chi connectivity index (χ1n) is 10.6. The maximum absolute atomic E-state index is 4.74. The van der Waals surface area contributed by atoms with Crippen molar-refractivity contribution in [3.8, 4) is 0 Å². The molecule has 0 fully saturated rings. The van der Waals surface area contributed by atoms with Crippen LogP contribution >= 0.6 is 0 Å². The standard InChI is InChI=1S/C25H23N7/c1-2-10-25-20(7-1)11-12-23(28-25)18-32-19-24(29-30-32)17-31(15-21-8-3-5-13-26-21)16-22-9-4-6-14-27-22/h1-14,19H,15-18H2. The minimum absolute atomic E-state index is 0.582. The molecule has 32 heavy (non-hydrogen) atoms. The van der Waals surface area contributed by atoms with Crippen LogP contribution in [0.4, 0.5) is 0 Å². The van der Waals surface area contributed by atoms with Crippen molar-refractivity contribution in [1.82, 2.24) is 34.8 Å². The summed E-state index contributed by atoms with van der Waals surface area (Å²) in [5.41, 5.74) is 4.87. The van der Waals surface area contributed by atoms with Crippen molar-refractivity contribution in [2.24, 2.45) is 0 Å². The number of benzene rings is 1. The van der Waals surface area contributed by atoms with Gasteiger partial charge in [-0.15, -0.1) is 5.10 Å². The Bertz CT molecular complexity index is 1240. The van der Waals surface area contributed by atoms with Gasteiger partial charge >= 0.3 is 0 Å². The van der Waals surface area contributed by atoms with E-state index >= 15 is 0 Å². The van der Waals surface area contributed by atoms with E-state index in [-0.39, 0.29) is 0 Å². The molecule has 0 aliphatic carbocycles. The van der Waals surface area contributed by atoms with Crippen LogP contribution in [0.15, 0.2) is 91.4 Å². The van der Waals surface area contributed by atoms with Crippen molar-refractivity contribution in [3.63, 3.8) is 0 Å². The van der Waals surface area contributed by atoms with E-state index in [0.29, 0.717) is 26.2 Å². The van der Waals surface area contributed by atoms with Crippen LogP contribution in [0.25, 0.3) is 10.9 Å². The van der Waals surface area contributed by atoms with Gasteiger partial charge in [-0.1, -0.05) is 41.6 Å². The molecule has 7 heteroatoms. The Labute approximate surface area is 186 Å². The molecule has 0 saturated carbocycles. The third-order valence-corrected chi connectivity index (χ3v) is 5.18. The fraction of sp³-hybridized carbons (Fsp3) is 0.160. The van der Waals surface area contributed by atoms with E-state index in [0.717, 1.165) is 33.7 Å². The summed E-state index contributed by atoms with van der Waals surface area (Å²) in [4.78, 5) is 16.0. The number of rotatable bonds is 8. The van der Waals surface area contributed by atoms with E-state index < -0.39 is 0 Å². The second-order valence-electron chi connectivity index (χ2n) is 7.69. The molecule has 4 aromatic heterocycles. The van der Waals surface area contributed by atoms with E-state index in [4.69, 9.17) is 4.98 Å². The number of aromatic nitrogens is 6. The average Bonchev–Trinajstić information content (AvgIpc) is 3.27. The number of hydrogen-bond donors (Lipinski definition) is 0. The lowest BCUT2D eigenvalue weighted by atomic mass is 10.2. The fourth-order valence-electron chi connectivity index (χ4n) is 3.69. The molecule has 0 radical (unpaired) electrons. The molecule has 0 bridgehead atoms. The maximum Gasteiger partial charge on any atom is 0.0967 e. The van der Waals surface area contributed by atoms with Gasteiger partial charge in [-0.2, -0.15) is 0 Å². The zero-order valence-electron chi connectivity index (χ0n) is 17.6. The minimum Gasteiger partial charge on any atom is -0.286 e. The van der Waals surface area contributed by atoms with Crippen LogP contribution in [-0.4, -0.2) is 34.8 Å². The highest BCUT2D eigenvalue weighted by molar-refractivity contribution is 5.78. The first-order valence-corrected chi connectivity index (χ1v) is 10.6. The van der Waals surface area contributed by atoms with Crippen molar-refractivity contribution in [3.05, 3.63) is 114 Å². The molecule has 4 heterocycles. The Morgan fingerprint density at radius 2 is 1.34 bits per heavy atom. The van der Waals surface area contributed by atoms with Crippen LogP contribution in [0, 0.1) is 0 Å². The van der Waals surface area contributed by atoms with E-state index in [1.165, 1.54) is 0 Å². The summed E-state index contributed by atoms with van der Waals surface area (Å²) in [6, 6.07) is 24.2. The lowest BCUT2D eigenvalue weighted by molar-refractivity contribution is 0.238. The number of pyridine rings is 3. The first-order chi connectivity index (χ1) is 15.8. The van der Waals surface area contributed by atoms with Gasteiger partial charge in [0.15, 0.2) is 0 Å². The van der Waals surface area contributed by atoms with Crippen LogP contribution in [-0.2, 0) is 26.2 Å². The molecule has 7 nitrogen and oxygen atoms in total. The summed E-state index contributed by atoms with van der Waals surface area (Å²) in [7, 11) is 0. The van der Waals surface area contributed by atoms with Gasteiger partial charge in [-0.25, -0.2) is 4.68 Å². The van der Waals surface area contributed by atoms with Crippen molar-refractivity contribution in [2.75, 3.05) is 0 Å². The van der Waals surface area contributed by atoms with Gasteiger partial charge in [0.1, 0.15) is 0 Å². The summed E-state index contributed by atoms with van der Waals surface area (Å²) in [5, 5.41) is 9.86. The minimum atomic E-state index is 0.582. The van der Waals surface area contributed by atoms with E-state index in [9.17, 15) is 0 Å². The molecule has 5 rings (SSSR count). The van der Waals surface area contributed by atoms with Gasteiger partial charge in [0.2, 0.25) is 0 Å². The molecular formula is C25H23N7. The number of fused-ring (bicyclic) bond motifs is 1. The Morgan fingerprint density at radius 1 is 0.656 bits per heavy atom. The van der Waals surface area contributed by atoms with Crippen LogP contribution in [0.3, 0.4) is 0 Å². The van der Waals surface area contributed by atoms with Crippen molar-refractivity contribution >= 4 is 10.9 Å². The second-order valence-corrected chi connectivity index (χ2v) is 7.69. The topological polar surface area (TPSA) is 72.6 Å². The van der Waals surface area contributed by atoms with Gasteiger partial charge in [0.25, 0.3) is 0 Å². The van der Waals surface area contributed by atoms with Crippen molar-refractivity contribution in [2.45, 2.75) is 26.2 Å². The fourth-order valence-corrected chi connectivity index (χ4v) is 3.69. The van der Waals surface area contributed by atoms with Crippen molar-refractivity contribution < 1.29 is 0 Å². The van der Waals surface area contributed by atoms with E-state index in [2.05, 4.69) is 37.3 Å². The monoisotopic (exact) mass is 421 g/mol. The normalized spacial score (nSPS) is 11.3. The molecule has 0 aliphatic heterocycles. The Kier molecular flexibility index (Phi) is 5.89. The molecule has 5 aromatic rings. The van der Waals surface area contributed by atoms with Crippen LogP contribution in [0.5, 0.6) is 0 Å². The van der Waals surface area contributed by atoms with Gasteiger partial charge in [0, 0.05) is 37.4 Å². The molecule has 0 unspecified atom stereocenters. The quantitative estimate of drug-likeness (QED) is 0.379. The Hall–Kier alpha value is -3.97. The highest BCUT2D eigenvalue weighted by atomic mass is 15.4. The summed E-state index contributed by atoms with van der Waals surface area (Å²) in [6.45, 7) is 2.64. The van der Waals surface area contributed by atoms with Crippen molar-refractivity contribution in [1.29, 1.82) is 0 Å². The highest BCUT2D eigenvalue weighted by Crippen LogP contribution is 2.14. The Morgan fingerprint density at radius 3 is 2.06 bits per heavy atom. The molecule has 0 atom stereocenters. The van der Waals surface area contributed by atoms with Crippen LogP contribution in [0.1, 0.15) is 22.8 Å². The largest absolute Gasteiger partial charge is 0.286 e. The molecule has 158 valence electrons. The summed E-state index contributed by atoms with van der Waals surface area (Å²) >= 11 is 0. The lowest BCUT2D eigenvalue weighted by Crippen LogP contribution is -2.23. The third kappa shape index (κ3) is 5.01. The maximum atomic E-state index is 4.74. The predicted molar refractivity (Wildman–Crippen MR) is 122 cm³/mol. The van der Waals surface area contributed by atoms with Gasteiger partial charge in [-0.05, 0) is 36.4 Å². The zero-order valence-corrected chi connectivity index (χ0v) is 17.6. The average molecular weight is 422 g/mol. The van der Waals surface area contributed by atoms with E-state index in [1.54, 1.807) is 0 Å². The number of nitrogens with zero attached hydrogens (tertiary/aromatic N) is 7. The molecule has 1 aromatic carbocycles. The molecule has 0 aliphatic rings. The first kappa shape index (κ1) is 20.0. The number of para-hydroxylation sites is 1. The number of hydrogen-bond acceptors (Lipinski definition) is 6. The third-order valence-electron chi connectivity index (χ3n) is 5.18. The summed E-state index contributed by atoms with van der Waals surface area (Å²) < 4.78 is 1.84. The van der Waals surface area contributed by atoms with Gasteiger partial charge in [0.05, 0.1) is 41.0 Å². The summed E-state index contributed by atoms with van der Waals surface area (Å²) in [6.07, 6.45) is 5.63. The molecule has 0 spiro atoms. The molecule has 0 amide bonds. The van der Waals surface area contributed by atoms with Crippen LogP contribution < -0.4 is 0 Å². The highest BCUT2D eigenvalue weighted by Gasteiger charge is 2.12. The molecule has 0 N–H and O–H groups in total. The second kappa shape index (κ2) is 9.45. The predicted octanol–water partition coefficient (Wildman–Crippen LogP) is 3.87. The van der Waals surface area contributed by atoms with E-state index in [1.807, 2.05) is 83.9 Å². The zero-order chi connectivity index (χ0) is 21.6. The smallest absolute Gasteiger partial charge is 0.0967 e. The molecule has 0 saturated heterocycles. The SMILES string of the molecule is c1ccc(CN(Cc2ccccn2)Cc2cn(Cc3ccc4ccccc4n3)nn2)nc1. The lowest BCUT2D eigenvalue weighted by Gasteiger charge is -2.20. The van der Waals surface area contributed by atoms with Gasteiger partial charge < -0.3 is 0 Å². The van der Waals surface area contributed by atoms with Gasteiger partial charge in [-0.3, -0.25) is 19.9 Å². The van der Waals surface area contributed by atoms with Crippen LogP contribution in [0.2, 0.25) is 0 Å². The Balaban J connectivity index is 1.31. The molecular weight excluding hydrogens is 398 g/mol. The summed E-state index contributed by atoms with van der Waals surface area (Å²) in [5.74, 6) is 0.